The van der Waals surface area contributed by atoms with E-state index < -0.39 is 0 Å². The first kappa shape index (κ1) is 35.5. The second-order valence-electron chi connectivity index (χ2n) is 12.6. The van der Waals surface area contributed by atoms with Crippen molar-refractivity contribution in [1.82, 2.24) is 4.98 Å². The summed E-state index contributed by atoms with van der Waals surface area (Å²) in [7, 11) is 0. The van der Waals surface area contributed by atoms with Gasteiger partial charge in [-0.25, -0.2) is 15.0 Å². The summed E-state index contributed by atoms with van der Waals surface area (Å²) in [4.78, 5) is 46.1. The number of carbonyl (C=O) groups is 2. The number of thioether (sulfide) groups is 2. The summed E-state index contributed by atoms with van der Waals surface area (Å²) < 4.78 is 6.20. The third-order valence-corrected chi connectivity index (χ3v) is 10.5. The van der Waals surface area contributed by atoms with E-state index in [2.05, 4.69) is 4.98 Å². The van der Waals surface area contributed by atoms with Crippen LogP contribution in [0.15, 0.2) is 178 Å². The number of hydrogen-bond acceptors (Lipinski definition) is 8. The summed E-state index contributed by atoms with van der Waals surface area (Å²) in [6, 6.07) is 48.1. The van der Waals surface area contributed by atoms with Gasteiger partial charge in [0.1, 0.15) is 12.4 Å². The fourth-order valence-electron chi connectivity index (χ4n) is 5.83. The second-order valence-corrected chi connectivity index (χ2v) is 14.6. The summed E-state index contributed by atoms with van der Waals surface area (Å²) in [5.41, 5.74) is 5.90. The van der Waals surface area contributed by atoms with Crippen LogP contribution in [0.5, 0.6) is 5.75 Å². The molecular formula is C45H33N5O3S2. The molecule has 55 heavy (non-hydrogen) atoms. The zero-order valence-corrected chi connectivity index (χ0v) is 31.3. The van der Waals surface area contributed by atoms with Crippen molar-refractivity contribution in [2.24, 2.45) is 9.98 Å². The molecule has 5 aromatic carbocycles. The number of carbonyl (C=O) groups excluding carboxylic acids is 2. The lowest BCUT2D eigenvalue weighted by Gasteiger charge is -2.17. The van der Waals surface area contributed by atoms with E-state index in [1.807, 2.05) is 171 Å². The maximum absolute atomic E-state index is 13.9. The molecule has 8 rings (SSSR count). The van der Waals surface area contributed by atoms with E-state index in [0.29, 0.717) is 43.1 Å². The smallest absolute Gasteiger partial charge is 0.271 e. The van der Waals surface area contributed by atoms with Gasteiger partial charge < -0.3 is 4.74 Å². The number of rotatable bonds is 9. The highest BCUT2D eigenvalue weighted by Gasteiger charge is 2.36. The number of hydrogen-bond donors (Lipinski definition) is 0. The van der Waals surface area contributed by atoms with Gasteiger partial charge in [0.05, 0.1) is 26.9 Å². The van der Waals surface area contributed by atoms with E-state index in [1.54, 1.807) is 16.0 Å². The molecule has 10 heteroatoms. The van der Waals surface area contributed by atoms with E-state index in [0.717, 1.165) is 27.9 Å². The molecule has 2 saturated heterocycles. The van der Waals surface area contributed by atoms with Crippen LogP contribution in [0.4, 0.5) is 22.9 Å². The standard InChI is InChI=1S/C45H33N5O3S2/c1-31-20-25-41(46-29-31)48-45-50(43(52)40(55-45)28-33-14-7-3-8-15-33)37-19-11-16-34(26-37)30-53-38-23-21-35(22-24-38)47-44-49(36-17-9-4-10-18-36)42(51)39(54-44)27-32-12-5-2-6-13-32/h2-29H,30H2,1H3/b39-27-,40-28-,47-44-,48-45-. The molecule has 2 aliphatic rings. The molecule has 2 aliphatic heterocycles. The van der Waals surface area contributed by atoms with Crippen LogP contribution in [-0.4, -0.2) is 27.1 Å². The number of amidine groups is 2. The van der Waals surface area contributed by atoms with Crippen molar-refractivity contribution in [3.63, 3.8) is 0 Å². The highest BCUT2D eigenvalue weighted by Crippen LogP contribution is 2.39. The van der Waals surface area contributed by atoms with E-state index in [1.165, 1.54) is 23.5 Å². The quantitative estimate of drug-likeness (QED) is 0.137. The van der Waals surface area contributed by atoms with E-state index in [4.69, 9.17) is 14.7 Å². The number of anilines is 2. The number of para-hydroxylation sites is 1. The van der Waals surface area contributed by atoms with Crippen molar-refractivity contribution in [1.29, 1.82) is 0 Å². The van der Waals surface area contributed by atoms with Gasteiger partial charge in [0.2, 0.25) is 0 Å². The van der Waals surface area contributed by atoms with Crippen molar-refractivity contribution >= 4 is 80.7 Å². The minimum atomic E-state index is -0.161. The largest absolute Gasteiger partial charge is 0.489 e. The molecule has 268 valence electrons. The Hall–Kier alpha value is -6.49. The molecule has 0 aliphatic carbocycles. The van der Waals surface area contributed by atoms with Gasteiger partial charge in [0, 0.05) is 6.20 Å². The highest BCUT2D eigenvalue weighted by molar-refractivity contribution is 8.19. The maximum atomic E-state index is 13.9. The minimum Gasteiger partial charge on any atom is -0.489 e. The highest BCUT2D eigenvalue weighted by atomic mass is 32.2. The number of aromatic nitrogens is 1. The molecule has 0 bridgehead atoms. The third kappa shape index (κ3) is 8.36. The number of nitrogens with zero attached hydrogens (tertiary/aromatic N) is 5. The molecule has 0 saturated carbocycles. The number of pyridine rings is 1. The van der Waals surface area contributed by atoms with Crippen LogP contribution < -0.4 is 14.5 Å². The van der Waals surface area contributed by atoms with Crippen molar-refractivity contribution in [2.75, 3.05) is 9.80 Å². The lowest BCUT2D eigenvalue weighted by atomic mass is 10.2. The summed E-state index contributed by atoms with van der Waals surface area (Å²) in [5.74, 6) is 0.895. The second kappa shape index (κ2) is 16.3. The first-order valence-electron chi connectivity index (χ1n) is 17.5. The molecule has 0 N–H and O–H groups in total. The minimum absolute atomic E-state index is 0.121. The van der Waals surface area contributed by atoms with Crippen molar-refractivity contribution in [3.8, 4) is 5.75 Å². The van der Waals surface area contributed by atoms with Gasteiger partial charge >= 0.3 is 0 Å². The summed E-state index contributed by atoms with van der Waals surface area (Å²) in [6.07, 6.45) is 5.54. The molecule has 0 spiro atoms. The fourth-order valence-corrected chi connectivity index (χ4v) is 7.82. The van der Waals surface area contributed by atoms with Crippen LogP contribution in [0.25, 0.3) is 12.2 Å². The predicted molar refractivity (Wildman–Crippen MR) is 226 cm³/mol. The molecule has 0 radical (unpaired) electrons. The normalized spacial score (nSPS) is 17.3. The SMILES string of the molecule is Cc1ccc(/N=C2\S/C(=C\c3ccccc3)C(=O)N2c2cccc(COc3ccc(/N=C4\S/C(=C\c5ccccc5)C(=O)N4c4ccccc4)cc3)c2)nc1. The van der Waals surface area contributed by atoms with Crippen LogP contribution in [0.2, 0.25) is 0 Å². The number of benzene rings is 5. The number of ether oxygens (including phenoxy) is 1. The Morgan fingerprint density at radius 3 is 1.78 bits per heavy atom. The van der Waals surface area contributed by atoms with Gasteiger partial charge in [0.15, 0.2) is 16.2 Å². The molecule has 8 nitrogen and oxygen atoms in total. The van der Waals surface area contributed by atoms with Crippen LogP contribution in [0.3, 0.4) is 0 Å². The first-order chi connectivity index (χ1) is 27.0. The average Bonchev–Trinajstić information content (AvgIpc) is 3.69. The molecule has 0 unspecified atom stereocenters. The van der Waals surface area contributed by atoms with Gasteiger partial charge in [-0.05, 0) is 119 Å². The lowest BCUT2D eigenvalue weighted by molar-refractivity contribution is -0.114. The van der Waals surface area contributed by atoms with E-state index in [9.17, 15) is 9.59 Å². The van der Waals surface area contributed by atoms with E-state index in [-0.39, 0.29) is 18.4 Å². The predicted octanol–water partition coefficient (Wildman–Crippen LogP) is 10.6. The Kier molecular flexibility index (Phi) is 10.5. The Bertz CT molecular complexity index is 2470. The average molecular weight is 756 g/mol. The number of amides is 2. The van der Waals surface area contributed by atoms with Crippen LogP contribution in [0.1, 0.15) is 22.3 Å². The Balaban J connectivity index is 1.00. The van der Waals surface area contributed by atoms with Gasteiger partial charge in [-0.3, -0.25) is 19.4 Å². The summed E-state index contributed by atoms with van der Waals surface area (Å²) >= 11 is 2.67. The van der Waals surface area contributed by atoms with E-state index >= 15 is 0 Å². The van der Waals surface area contributed by atoms with Crippen molar-refractivity contribution < 1.29 is 14.3 Å². The molecule has 3 heterocycles. The first-order valence-corrected chi connectivity index (χ1v) is 19.2. The fraction of sp³-hybridized carbons (Fsp3) is 0.0444. The summed E-state index contributed by atoms with van der Waals surface area (Å²) in [5, 5.41) is 1.09. The van der Waals surface area contributed by atoms with Crippen LogP contribution in [0, 0.1) is 6.92 Å². The van der Waals surface area contributed by atoms with Gasteiger partial charge in [-0.2, -0.15) is 0 Å². The topological polar surface area (TPSA) is 87.5 Å². The maximum Gasteiger partial charge on any atom is 0.271 e. The van der Waals surface area contributed by atoms with Gasteiger partial charge in [-0.1, -0.05) is 97.1 Å². The number of aliphatic imine (C=N–C) groups is 2. The monoisotopic (exact) mass is 755 g/mol. The molecule has 0 atom stereocenters. The molecule has 2 fully saturated rings. The summed E-state index contributed by atoms with van der Waals surface area (Å²) in [6.45, 7) is 2.25. The molecule has 6 aromatic rings. The van der Waals surface area contributed by atoms with Crippen molar-refractivity contribution in [2.45, 2.75) is 13.5 Å². The Morgan fingerprint density at radius 2 is 1.18 bits per heavy atom. The Morgan fingerprint density at radius 1 is 0.618 bits per heavy atom. The molecule has 1 aromatic heterocycles. The van der Waals surface area contributed by atoms with Crippen LogP contribution >= 0.6 is 23.5 Å². The molecule has 2 amide bonds. The zero-order chi connectivity index (χ0) is 37.6. The molecular weight excluding hydrogens is 723 g/mol. The lowest BCUT2D eigenvalue weighted by Crippen LogP contribution is -2.28. The van der Waals surface area contributed by atoms with Gasteiger partial charge in [-0.15, -0.1) is 0 Å². The Labute approximate surface area is 327 Å². The van der Waals surface area contributed by atoms with Crippen LogP contribution in [-0.2, 0) is 16.2 Å². The third-order valence-electron chi connectivity index (χ3n) is 8.56. The van der Waals surface area contributed by atoms with Gasteiger partial charge in [0.25, 0.3) is 11.8 Å². The number of aryl methyl sites for hydroxylation is 1. The zero-order valence-electron chi connectivity index (χ0n) is 29.7. The van der Waals surface area contributed by atoms with Crippen molar-refractivity contribution in [3.05, 3.63) is 190 Å².